The summed E-state index contributed by atoms with van der Waals surface area (Å²) < 4.78 is 13.3. The average Bonchev–Trinajstić information content (AvgIpc) is 2.12. The van der Waals surface area contributed by atoms with Crippen LogP contribution in [0.4, 0.5) is 4.39 Å². The topological polar surface area (TPSA) is 12.0 Å². The Morgan fingerprint density at radius 1 is 1.54 bits per heavy atom. The average molecular weight is 244 g/mol. The summed E-state index contributed by atoms with van der Waals surface area (Å²) in [7, 11) is 0. The molecule has 1 aromatic carbocycles. The van der Waals surface area contributed by atoms with Crippen LogP contribution in [-0.4, -0.2) is 6.54 Å². The molecule has 1 nitrogen and oxygen atoms in total. The van der Waals surface area contributed by atoms with Gasteiger partial charge >= 0.3 is 0 Å². The fourth-order valence-electron chi connectivity index (χ4n) is 0.968. The van der Waals surface area contributed by atoms with Gasteiger partial charge in [0.25, 0.3) is 0 Å². The molecule has 0 saturated heterocycles. The maximum atomic E-state index is 12.8. The van der Waals surface area contributed by atoms with E-state index in [0.29, 0.717) is 4.47 Å². The van der Waals surface area contributed by atoms with Crippen LogP contribution in [0.25, 0.3) is 0 Å². The Bertz CT molecular complexity index is 299. The van der Waals surface area contributed by atoms with Gasteiger partial charge in [0.15, 0.2) is 0 Å². The maximum Gasteiger partial charge on any atom is 0.137 e. The van der Waals surface area contributed by atoms with E-state index in [4.69, 9.17) is 0 Å². The zero-order valence-electron chi connectivity index (χ0n) is 7.19. The normalized spacial score (nSPS) is 10.0. The molecule has 0 bridgehead atoms. The van der Waals surface area contributed by atoms with E-state index in [1.807, 2.05) is 0 Å². The second kappa shape index (κ2) is 5.14. The van der Waals surface area contributed by atoms with E-state index in [2.05, 4.69) is 27.8 Å². The molecule has 0 radical (unpaired) electrons. The van der Waals surface area contributed by atoms with Gasteiger partial charge in [-0.3, -0.25) is 0 Å². The molecule has 1 N–H and O–H groups in total. The monoisotopic (exact) mass is 243 g/mol. The zero-order valence-corrected chi connectivity index (χ0v) is 8.77. The van der Waals surface area contributed by atoms with Gasteiger partial charge in [-0.15, -0.1) is 6.58 Å². The summed E-state index contributed by atoms with van der Waals surface area (Å²) >= 11 is 3.13. The molecular formula is C10H11BrFN. The Kier molecular flexibility index (Phi) is 4.12. The van der Waals surface area contributed by atoms with Crippen molar-refractivity contribution in [3.05, 3.63) is 46.7 Å². The van der Waals surface area contributed by atoms with E-state index < -0.39 is 0 Å². The second-order valence-electron chi connectivity index (χ2n) is 2.67. The first-order chi connectivity index (χ1) is 6.24. The third kappa shape index (κ3) is 3.28. The van der Waals surface area contributed by atoms with Crippen LogP contribution in [0.3, 0.4) is 0 Å². The molecule has 0 atom stereocenters. The van der Waals surface area contributed by atoms with Crippen molar-refractivity contribution in [2.75, 3.05) is 6.54 Å². The van der Waals surface area contributed by atoms with Gasteiger partial charge in [-0.05, 0) is 33.6 Å². The van der Waals surface area contributed by atoms with E-state index >= 15 is 0 Å². The third-order valence-electron chi connectivity index (χ3n) is 1.60. The van der Waals surface area contributed by atoms with Crippen LogP contribution in [0.1, 0.15) is 5.56 Å². The fourth-order valence-corrected chi connectivity index (χ4v) is 1.39. The molecule has 70 valence electrons. The van der Waals surface area contributed by atoms with Crippen LogP contribution >= 0.6 is 15.9 Å². The molecule has 0 spiro atoms. The van der Waals surface area contributed by atoms with Gasteiger partial charge in [0.05, 0.1) is 4.47 Å². The van der Waals surface area contributed by atoms with E-state index in [1.54, 1.807) is 18.2 Å². The number of halogens is 2. The lowest BCUT2D eigenvalue weighted by Crippen LogP contribution is -2.12. The highest BCUT2D eigenvalue weighted by Gasteiger charge is 1.98. The van der Waals surface area contributed by atoms with E-state index in [-0.39, 0.29) is 5.82 Å². The minimum Gasteiger partial charge on any atom is -0.309 e. The lowest BCUT2D eigenvalue weighted by Gasteiger charge is -2.02. The van der Waals surface area contributed by atoms with Crippen molar-refractivity contribution in [1.29, 1.82) is 0 Å². The lowest BCUT2D eigenvalue weighted by molar-refractivity contribution is 0.619. The SMILES string of the molecule is C=CCNCc1ccc(F)c(Br)c1. The van der Waals surface area contributed by atoms with Crippen LogP contribution in [0.5, 0.6) is 0 Å². The first-order valence-corrected chi connectivity index (χ1v) is 4.79. The van der Waals surface area contributed by atoms with Crippen LogP contribution < -0.4 is 5.32 Å². The molecule has 13 heavy (non-hydrogen) atoms. The van der Waals surface area contributed by atoms with Gasteiger partial charge in [0.1, 0.15) is 5.82 Å². The number of nitrogens with one attached hydrogen (secondary N) is 1. The van der Waals surface area contributed by atoms with Crippen molar-refractivity contribution in [2.24, 2.45) is 0 Å². The molecular weight excluding hydrogens is 233 g/mol. The van der Waals surface area contributed by atoms with Crippen molar-refractivity contribution < 1.29 is 4.39 Å². The van der Waals surface area contributed by atoms with Gasteiger partial charge in [-0.2, -0.15) is 0 Å². The highest BCUT2D eigenvalue weighted by Crippen LogP contribution is 2.16. The summed E-state index contributed by atoms with van der Waals surface area (Å²) in [5.74, 6) is -0.229. The summed E-state index contributed by atoms with van der Waals surface area (Å²) in [6.07, 6.45) is 1.79. The molecule has 0 aromatic heterocycles. The smallest absolute Gasteiger partial charge is 0.137 e. The van der Waals surface area contributed by atoms with Crippen molar-refractivity contribution >= 4 is 15.9 Å². The van der Waals surface area contributed by atoms with Gasteiger partial charge in [-0.1, -0.05) is 12.1 Å². The van der Waals surface area contributed by atoms with Crippen LogP contribution in [-0.2, 0) is 6.54 Å². The largest absolute Gasteiger partial charge is 0.309 e. The summed E-state index contributed by atoms with van der Waals surface area (Å²) in [6, 6.07) is 4.98. The summed E-state index contributed by atoms with van der Waals surface area (Å²) in [5, 5.41) is 3.14. The van der Waals surface area contributed by atoms with E-state index in [1.165, 1.54) is 6.07 Å². The number of benzene rings is 1. The molecule has 3 heteroatoms. The summed E-state index contributed by atoms with van der Waals surface area (Å²) in [6.45, 7) is 5.08. The molecule has 1 rings (SSSR count). The molecule has 1 aromatic rings. The fraction of sp³-hybridized carbons (Fsp3) is 0.200. The highest BCUT2D eigenvalue weighted by atomic mass is 79.9. The van der Waals surface area contributed by atoms with Crippen molar-refractivity contribution in [3.8, 4) is 0 Å². The Labute approximate surface area is 85.8 Å². The van der Waals surface area contributed by atoms with Gasteiger partial charge in [0.2, 0.25) is 0 Å². The minimum absolute atomic E-state index is 0.229. The Morgan fingerprint density at radius 3 is 2.92 bits per heavy atom. The molecule has 0 heterocycles. The van der Waals surface area contributed by atoms with Crippen LogP contribution in [0, 0.1) is 5.82 Å². The van der Waals surface area contributed by atoms with Crippen molar-refractivity contribution in [1.82, 2.24) is 5.32 Å². The summed E-state index contributed by atoms with van der Waals surface area (Å²) in [5.41, 5.74) is 1.05. The quantitative estimate of drug-likeness (QED) is 0.634. The molecule has 0 aliphatic rings. The first kappa shape index (κ1) is 10.4. The molecule has 0 aliphatic carbocycles. The predicted octanol–water partition coefficient (Wildman–Crippen LogP) is 2.86. The second-order valence-corrected chi connectivity index (χ2v) is 3.52. The Balaban J connectivity index is 2.57. The third-order valence-corrected chi connectivity index (χ3v) is 2.21. The zero-order chi connectivity index (χ0) is 9.68. The van der Waals surface area contributed by atoms with Crippen molar-refractivity contribution in [3.63, 3.8) is 0 Å². The van der Waals surface area contributed by atoms with Gasteiger partial charge in [0, 0.05) is 13.1 Å². The Hall–Kier alpha value is -0.670. The van der Waals surface area contributed by atoms with Gasteiger partial charge in [-0.25, -0.2) is 4.39 Å². The number of rotatable bonds is 4. The predicted molar refractivity (Wildman–Crippen MR) is 56.0 cm³/mol. The van der Waals surface area contributed by atoms with Gasteiger partial charge < -0.3 is 5.32 Å². The lowest BCUT2D eigenvalue weighted by atomic mass is 10.2. The number of hydrogen-bond acceptors (Lipinski definition) is 1. The van der Waals surface area contributed by atoms with Crippen LogP contribution in [0.15, 0.2) is 35.3 Å². The van der Waals surface area contributed by atoms with E-state index in [0.717, 1.165) is 18.7 Å². The van der Waals surface area contributed by atoms with Crippen LogP contribution in [0.2, 0.25) is 0 Å². The number of hydrogen-bond donors (Lipinski definition) is 1. The summed E-state index contributed by atoms with van der Waals surface area (Å²) in [4.78, 5) is 0. The standard InChI is InChI=1S/C10H11BrFN/c1-2-5-13-7-8-3-4-10(12)9(11)6-8/h2-4,6,13H,1,5,7H2. The molecule has 0 aliphatic heterocycles. The highest BCUT2D eigenvalue weighted by molar-refractivity contribution is 9.10. The maximum absolute atomic E-state index is 12.8. The first-order valence-electron chi connectivity index (χ1n) is 3.99. The Morgan fingerprint density at radius 2 is 2.31 bits per heavy atom. The minimum atomic E-state index is -0.229. The molecule has 0 fully saturated rings. The molecule has 0 unspecified atom stereocenters. The molecule has 0 saturated carbocycles. The van der Waals surface area contributed by atoms with Crippen molar-refractivity contribution in [2.45, 2.75) is 6.54 Å². The molecule has 0 amide bonds. The van der Waals surface area contributed by atoms with E-state index in [9.17, 15) is 4.39 Å².